The van der Waals surface area contributed by atoms with Crippen molar-refractivity contribution in [1.29, 1.82) is 0 Å². The van der Waals surface area contributed by atoms with E-state index in [1.165, 1.54) is 0 Å². The van der Waals surface area contributed by atoms with Gasteiger partial charge in [-0.1, -0.05) is 24.3 Å². The van der Waals surface area contributed by atoms with Gasteiger partial charge in [-0.05, 0) is 41.6 Å². The van der Waals surface area contributed by atoms with Crippen LogP contribution >= 0.6 is 22.6 Å². The molecule has 0 atom stereocenters. The molecule has 0 aliphatic heterocycles. The molecule has 0 N–H and O–H groups in total. The molecule has 3 aromatic rings. The van der Waals surface area contributed by atoms with Crippen LogP contribution in [0.2, 0.25) is 0 Å². The molecule has 3 rings (SSSR count). The van der Waals surface area contributed by atoms with E-state index in [2.05, 4.69) is 9.97 Å². The maximum absolute atomic E-state index is 12.1. The first-order chi connectivity index (χ1) is 9.65. The van der Waals surface area contributed by atoms with Gasteiger partial charge in [0, 0.05) is 5.39 Å². The summed E-state index contributed by atoms with van der Waals surface area (Å²) in [6, 6.07) is 11.9. The van der Waals surface area contributed by atoms with Gasteiger partial charge in [-0.2, -0.15) is 0 Å². The first-order valence-electron chi connectivity index (χ1n) is 6.21. The molecule has 0 aliphatic rings. The molecule has 2 heterocycles. The van der Waals surface area contributed by atoms with Gasteiger partial charge in [-0.3, -0.25) is 14.3 Å². The number of rotatable bonds is 2. The van der Waals surface area contributed by atoms with E-state index in [0.29, 0.717) is 10.1 Å². The molecule has 0 saturated heterocycles. The molecule has 20 heavy (non-hydrogen) atoms. The van der Waals surface area contributed by atoms with Gasteiger partial charge in [0.2, 0.25) is 0 Å². The largest absolute Gasteiger partial charge is 0.292 e. The van der Waals surface area contributed by atoms with Crippen LogP contribution in [0.5, 0.6) is 0 Å². The Labute approximate surface area is 129 Å². The number of aromatic nitrogens is 3. The summed E-state index contributed by atoms with van der Waals surface area (Å²) in [5, 5.41) is 1.10. The van der Waals surface area contributed by atoms with Crippen LogP contribution < -0.4 is 5.56 Å². The van der Waals surface area contributed by atoms with Gasteiger partial charge < -0.3 is 0 Å². The van der Waals surface area contributed by atoms with E-state index in [-0.39, 0.29) is 5.56 Å². The molecule has 0 radical (unpaired) electrons. The van der Waals surface area contributed by atoms with E-state index in [0.717, 1.165) is 22.3 Å². The predicted molar refractivity (Wildman–Crippen MR) is 86.8 cm³/mol. The molecular weight excluding hydrogens is 365 g/mol. The normalized spacial score (nSPS) is 10.9. The van der Waals surface area contributed by atoms with Gasteiger partial charge in [0.15, 0.2) is 0 Å². The van der Waals surface area contributed by atoms with Crippen molar-refractivity contribution in [3.63, 3.8) is 0 Å². The Balaban J connectivity index is 2.01. The van der Waals surface area contributed by atoms with Gasteiger partial charge in [0.05, 0.1) is 33.3 Å². The van der Waals surface area contributed by atoms with Crippen molar-refractivity contribution in [1.82, 2.24) is 14.5 Å². The Morgan fingerprint density at radius 3 is 2.85 bits per heavy atom. The fraction of sp³-hybridized carbons (Fsp3) is 0.133. The van der Waals surface area contributed by atoms with E-state index < -0.39 is 0 Å². The number of aryl methyl sites for hydroxylation is 1. The van der Waals surface area contributed by atoms with E-state index in [1.807, 2.05) is 65.9 Å². The number of hydrogen-bond donors (Lipinski definition) is 0. The van der Waals surface area contributed by atoms with Crippen LogP contribution in [0.1, 0.15) is 11.4 Å². The Morgan fingerprint density at radius 1 is 1.20 bits per heavy atom. The van der Waals surface area contributed by atoms with Crippen LogP contribution in [0.25, 0.3) is 10.9 Å². The van der Waals surface area contributed by atoms with Crippen LogP contribution in [-0.4, -0.2) is 14.5 Å². The molecule has 2 aromatic heterocycles. The molecule has 0 fully saturated rings. The molecule has 0 aliphatic carbocycles. The topological polar surface area (TPSA) is 47.8 Å². The van der Waals surface area contributed by atoms with Crippen molar-refractivity contribution >= 4 is 33.5 Å². The maximum atomic E-state index is 12.1. The Bertz CT molecular complexity index is 842. The first-order valence-corrected chi connectivity index (χ1v) is 7.29. The number of benzene rings is 1. The minimum absolute atomic E-state index is 0.0203. The lowest BCUT2D eigenvalue weighted by Crippen LogP contribution is -2.24. The monoisotopic (exact) mass is 377 g/mol. The molecule has 4 nitrogen and oxygen atoms in total. The smallest absolute Gasteiger partial charge is 0.267 e. The highest BCUT2D eigenvalue weighted by Gasteiger charge is 2.06. The summed E-state index contributed by atoms with van der Waals surface area (Å²) in [6.07, 6.45) is 1.58. The summed E-state index contributed by atoms with van der Waals surface area (Å²) in [4.78, 5) is 20.9. The van der Waals surface area contributed by atoms with E-state index in [9.17, 15) is 4.79 Å². The molecule has 5 heteroatoms. The van der Waals surface area contributed by atoms with Gasteiger partial charge in [-0.25, -0.2) is 4.98 Å². The summed E-state index contributed by atoms with van der Waals surface area (Å²) in [7, 11) is 0. The fourth-order valence-electron chi connectivity index (χ4n) is 2.03. The van der Waals surface area contributed by atoms with Crippen molar-refractivity contribution < 1.29 is 0 Å². The quantitative estimate of drug-likeness (QED) is 0.646. The number of hydrogen-bond acceptors (Lipinski definition) is 3. The molecule has 1 aromatic carbocycles. The van der Waals surface area contributed by atoms with E-state index >= 15 is 0 Å². The highest BCUT2D eigenvalue weighted by molar-refractivity contribution is 14.1. The van der Waals surface area contributed by atoms with Gasteiger partial charge in [0.1, 0.15) is 0 Å². The molecule has 0 unspecified atom stereocenters. The van der Waals surface area contributed by atoms with Crippen molar-refractivity contribution in [2.45, 2.75) is 13.5 Å². The van der Waals surface area contributed by atoms with Crippen LogP contribution in [-0.2, 0) is 6.54 Å². The third-order valence-electron chi connectivity index (χ3n) is 3.15. The van der Waals surface area contributed by atoms with Crippen molar-refractivity contribution in [2.75, 3.05) is 0 Å². The summed E-state index contributed by atoms with van der Waals surface area (Å²) < 4.78 is 2.25. The van der Waals surface area contributed by atoms with Crippen LogP contribution in [0.15, 0.2) is 47.5 Å². The minimum Gasteiger partial charge on any atom is -0.292 e. The van der Waals surface area contributed by atoms with Crippen molar-refractivity contribution in [2.24, 2.45) is 0 Å². The predicted octanol–water partition coefficient (Wildman–Crippen LogP) is 2.75. The van der Waals surface area contributed by atoms with Crippen molar-refractivity contribution in [3.05, 3.63) is 68.0 Å². The average Bonchev–Trinajstić information content (AvgIpc) is 2.48. The summed E-state index contributed by atoms with van der Waals surface area (Å²) in [6.45, 7) is 2.27. The minimum atomic E-state index is -0.0203. The fourth-order valence-corrected chi connectivity index (χ4v) is 2.48. The lowest BCUT2D eigenvalue weighted by atomic mass is 10.2. The highest BCUT2D eigenvalue weighted by atomic mass is 127. The summed E-state index contributed by atoms with van der Waals surface area (Å²) in [5.41, 5.74) is 2.53. The molecule has 0 saturated carbocycles. The zero-order valence-electron chi connectivity index (χ0n) is 10.9. The second-order valence-corrected chi connectivity index (χ2v) is 5.65. The molecular formula is C15H12IN3O. The van der Waals surface area contributed by atoms with Gasteiger partial charge in [-0.15, -0.1) is 0 Å². The summed E-state index contributed by atoms with van der Waals surface area (Å²) >= 11 is 2.04. The SMILES string of the molecule is Cc1ncn(Cc2ccc3ccccc3n2)c(=O)c1I. The molecule has 0 bridgehead atoms. The van der Waals surface area contributed by atoms with Crippen LogP contribution in [0.3, 0.4) is 0 Å². The molecule has 0 spiro atoms. The van der Waals surface area contributed by atoms with E-state index in [4.69, 9.17) is 0 Å². The van der Waals surface area contributed by atoms with Crippen molar-refractivity contribution in [3.8, 4) is 0 Å². The molecule has 0 amide bonds. The second-order valence-electron chi connectivity index (χ2n) is 4.57. The van der Waals surface area contributed by atoms with Crippen LogP contribution in [0, 0.1) is 10.5 Å². The number of fused-ring (bicyclic) bond motifs is 1. The Kier molecular flexibility index (Phi) is 3.52. The Morgan fingerprint density at radius 2 is 2.00 bits per heavy atom. The number of para-hydroxylation sites is 1. The van der Waals surface area contributed by atoms with Crippen LogP contribution in [0.4, 0.5) is 0 Å². The zero-order chi connectivity index (χ0) is 14.1. The second kappa shape index (κ2) is 5.32. The number of halogens is 1. The van der Waals surface area contributed by atoms with Gasteiger partial charge >= 0.3 is 0 Å². The standard InChI is InChI=1S/C15H12IN3O/c1-10-14(16)15(20)19(9-17-10)8-12-7-6-11-4-2-3-5-13(11)18-12/h2-7,9H,8H2,1H3. The number of pyridine rings is 1. The Hall–Kier alpha value is -1.76. The number of nitrogens with zero attached hydrogens (tertiary/aromatic N) is 3. The lowest BCUT2D eigenvalue weighted by molar-refractivity contribution is 0.710. The maximum Gasteiger partial charge on any atom is 0.267 e. The third-order valence-corrected chi connectivity index (χ3v) is 4.39. The first kappa shape index (κ1) is 13.2. The third kappa shape index (κ3) is 2.45. The summed E-state index contributed by atoms with van der Waals surface area (Å²) in [5.74, 6) is 0. The van der Waals surface area contributed by atoms with Gasteiger partial charge in [0.25, 0.3) is 5.56 Å². The molecule has 100 valence electrons. The highest BCUT2D eigenvalue weighted by Crippen LogP contribution is 2.12. The average molecular weight is 377 g/mol. The zero-order valence-corrected chi connectivity index (χ0v) is 13.0. The van der Waals surface area contributed by atoms with E-state index in [1.54, 1.807) is 10.9 Å². The lowest BCUT2D eigenvalue weighted by Gasteiger charge is -2.07.